The quantitative estimate of drug-likeness (QED) is 0.715. The second-order valence-corrected chi connectivity index (χ2v) is 7.96. The van der Waals surface area contributed by atoms with Gasteiger partial charge in [-0.2, -0.15) is 0 Å². The molecule has 0 aliphatic carbocycles. The second-order valence-electron chi connectivity index (χ2n) is 5.43. The summed E-state index contributed by atoms with van der Waals surface area (Å²) in [6.45, 7) is 4.39. The van der Waals surface area contributed by atoms with E-state index in [4.69, 9.17) is 9.88 Å². The van der Waals surface area contributed by atoms with Gasteiger partial charge in [0.25, 0.3) is 0 Å². The molecule has 0 atom stereocenters. The number of nitrogens with zero attached hydrogens (tertiary/aromatic N) is 1. The molecule has 0 radical (unpaired) electrons. The highest BCUT2D eigenvalue weighted by Gasteiger charge is 2.33. The summed E-state index contributed by atoms with van der Waals surface area (Å²) in [6.07, 6.45) is 6.58. The zero-order chi connectivity index (χ0) is 15.9. The predicted octanol–water partition coefficient (Wildman–Crippen LogP) is 3.10. The maximum Gasteiger partial charge on any atom is 0.209 e. The summed E-state index contributed by atoms with van der Waals surface area (Å²) in [5.41, 5.74) is -0.445. The van der Waals surface area contributed by atoms with Gasteiger partial charge in [0.15, 0.2) is 0 Å². The topological polar surface area (TPSA) is 82.3 Å². The highest BCUT2D eigenvalue weighted by atomic mass is 79.9. The molecule has 0 aliphatic heterocycles. The van der Waals surface area contributed by atoms with Crippen LogP contribution in [0, 0.1) is 5.41 Å². The van der Waals surface area contributed by atoms with Crippen molar-refractivity contribution in [2.75, 3.05) is 12.4 Å². The van der Waals surface area contributed by atoms with Gasteiger partial charge in [-0.05, 0) is 34.8 Å². The molecule has 0 spiro atoms. The number of rotatable bonds is 9. The summed E-state index contributed by atoms with van der Waals surface area (Å²) in [7, 11) is -3.54. The van der Waals surface area contributed by atoms with E-state index < -0.39 is 15.4 Å². The van der Waals surface area contributed by atoms with Crippen molar-refractivity contribution in [2.45, 2.75) is 39.5 Å². The van der Waals surface area contributed by atoms with Crippen LogP contribution in [0.3, 0.4) is 0 Å². The van der Waals surface area contributed by atoms with Gasteiger partial charge in [-0.15, -0.1) is 0 Å². The Morgan fingerprint density at radius 2 is 1.90 bits per heavy atom. The second kappa shape index (κ2) is 8.10. The van der Waals surface area contributed by atoms with Crippen LogP contribution in [0.1, 0.15) is 39.5 Å². The van der Waals surface area contributed by atoms with Crippen molar-refractivity contribution >= 4 is 26.0 Å². The van der Waals surface area contributed by atoms with Gasteiger partial charge in [0.2, 0.25) is 10.0 Å². The monoisotopic (exact) mass is 378 g/mol. The molecule has 0 fully saturated rings. The summed E-state index contributed by atoms with van der Waals surface area (Å²) in [6, 6.07) is 1.81. The Balaban J connectivity index is 2.89. The Bertz CT molecular complexity index is 543. The molecule has 0 aromatic carbocycles. The van der Waals surface area contributed by atoms with Gasteiger partial charge in [-0.25, -0.2) is 13.6 Å². The Morgan fingerprint density at radius 1 is 1.29 bits per heavy atom. The van der Waals surface area contributed by atoms with Crippen molar-refractivity contribution in [3.8, 4) is 5.75 Å². The molecule has 120 valence electrons. The first-order valence-electron chi connectivity index (χ1n) is 7.04. The maximum absolute atomic E-state index is 11.6. The number of sulfonamides is 1. The van der Waals surface area contributed by atoms with Crippen LogP contribution in [0.5, 0.6) is 5.75 Å². The lowest BCUT2D eigenvalue weighted by atomic mass is 9.82. The number of aromatic nitrogens is 1. The van der Waals surface area contributed by atoms with Crippen molar-refractivity contribution in [1.82, 2.24) is 4.98 Å². The van der Waals surface area contributed by atoms with E-state index in [1.165, 1.54) is 0 Å². The van der Waals surface area contributed by atoms with Gasteiger partial charge in [0.1, 0.15) is 5.75 Å². The van der Waals surface area contributed by atoms with Gasteiger partial charge < -0.3 is 4.74 Å². The van der Waals surface area contributed by atoms with Gasteiger partial charge in [0, 0.05) is 16.1 Å². The average molecular weight is 379 g/mol. The normalized spacial score (nSPS) is 12.4. The summed E-state index contributed by atoms with van der Waals surface area (Å²) in [5, 5.41) is 5.27. The van der Waals surface area contributed by atoms with Gasteiger partial charge in [-0.1, -0.05) is 26.7 Å². The largest absolute Gasteiger partial charge is 0.491 e. The minimum Gasteiger partial charge on any atom is -0.491 e. The van der Waals surface area contributed by atoms with Crippen molar-refractivity contribution in [3.63, 3.8) is 0 Å². The van der Waals surface area contributed by atoms with E-state index in [-0.39, 0.29) is 5.75 Å². The van der Waals surface area contributed by atoms with Gasteiger partial charge in [0.05, 0.1) is 18.6 Å². The fourth-order valence-corrected chi connectivity index (χ4v) is 4.22. The summed E-state index contributed by atoms with van der Waals surface area (Å²) in [5.74, 6) is 0.568. The zero-order valence-corrected chi connectivity index (χ0v) is 14.9. The number of primary sulfonamides is 1. The van der Waals surface area contributed by atoms with Crippen molar-refractivity contribution in [2.24, 2.45) is 10.6 Å². The van der Waals surface area contributed by atoms with E-state index >= 15 is 0 Å². The third-order valence-corrected chi connectivity index (χ3v) is 4.74. The smallest absolute Gasteiger partial charge is 0.209 e. The van der Waals surface area contributed by atoms with E-state index in [0.29, 0.717) is 12.4 Å². The first kappa shape index (κ1) is 18.4. The minimum absolute atomic E-state index is 0.0525. The standard InChI is InChI=1S/C14H23BrN2O3S/c1-3-5-14(6-4-2,11-21(16,18)19)10-20-13-7-12(15)8-17-9-13/h7-9H,3-6,10-11H2,1-2H3,(H2,16,18,19). The van der Waals surface area contributed by atoms with Gasteiger partial charge in [-0.3, -0.25) is 4.98 Å². The van der Waals surface area contributed by atoms with Crippen LogP contribution < -0.4 is 9.88 Å². The van der Waals surface area contributed by atoms with Crippen LogP contribution in [-0.2, 0) is 10.0 Å². The SMILES string of the molecule is CCCC(CCC)(COc1cncc(Br)c1)CS(N)(=O)=O. The number of hydrogen-bond acceptors (Lipinski definition) is 4. The highest BCUT2D eigenvalue weighted by molar-refractivity contribution is 9.10. The summed E-state index contributed by atoms with van der Waals surface area (Å²) in [4.78, 5) is 4.04. The highest BCUT2D eigenvalue weighted by Crippen LogP contribution is 2.32. The van der Waals surface area contributed by atoms with Crippen molar-refractivity contribution in [1.29, 1.82) is 0 Å². The third kappa shape index (κ3) is 6.76. The van der Waals surface area contributed by atoms with E-state index in [1.54, 1.807) is 12.4 Å². The van der Waals surface area contributed by atoms with E-state index in [0.717, 1.165) is 30.2 Å². The lowest BCUT2D eigenvalue weighted by Gasteiger charge is -2.32. The fraction of sp³-hybridized carbons (Fsp3) is 0.643. The first-order valence-corrected chi connectivity index (χ1v) is 9.55. The first-order chi connectivity index (χ1) is 9.80. The molecular formula is C14H23BrN2O3S. The summed E-state index contributed by atoms with van der Waals surface area (Å²) >= 11 is 3.33. The number of halogens is 1. The minimum atomic E-state index is -3.54. The lowest BCUT2D eigenvalue weighted by Crippen LogP contribution is -2.38. The summed E-state index contributed by atoms with van der Waals surface area (Å²) < 4.78 is 29.7. The number of nitrogens with two attached hydrogens (primary N) is 1. The lowest BCUT2D eigenvalue weighted by molar-refractivity contribution is 0.141. The molecule has 7 heteroatoms. The third-order valence-electron chi connectivity index (χ3n) is 3.29. The molecule has 0 saturated heterocycles. The Morgan fingerprint density at radius 3 is 2.38 bits per heavy atom. The van der Waals surface area contributed by atoms with Crippen LogP contribution in [0.2, 0.25) is 0 Å². The Hall–Kier alpha value is -0.660. The van der Waals surface area contributed by atoms with Crippen LogP contribution >= 0.6 is 15.9 Å². The fourth-order valence-electron chi connectivity index (χ4n) is 2.65. The molecule has 1 heterocycles. The molecule has 1 rings (SSSR count). The molecule has 1 aromatic rings. The maximum atomic E-state index is 11.6. The molecule has 2 N–H and O–H groups in total. The number of hydrogen-bond donors (Lipinski definition) is 1. The van der Waals surface area contributed by atoms with Crippen molar-refractivity contribution < 1.29 is 13.2 Å². The van der Waals surface area contributed by atoms with E-state index in [2.05, 4.69) is 20.9 Å². The van der Waals surface area contributed by atoms with Crippen LogP contribution in [-0.4, -0.2) is 25.8 Å². The average Bonchev–Trinajstić information content (AvgIpc) is 2.35. The molecule has 0 unspecified atom stereocenters. The molecular weight excluding hydrogens is 356 g/mol. The molecule has 5 nitrogen and oxygen atoms in total. The predicted molar refractivity (Wildman–Crippen MR) is 87.7 cm³/mol. The Kier molecular flexibility index (Phi) is 7.09. The molecule has 0 saturated carbocycles. The number of pyridine rings is 1. The molecule has 21 heavy (non-hydrogen) atoms. The Labute approximate surface area is 135 Å². The molecule has 1 aromatic heterocycles. The van der Waals surface area contributed by atoms with E-state index in [1.807, 2.05) is 19.9 Å². The molecule has 0 bridgehead atoms. The van der Waals surface area contributed by atoms with Crippen LogP contribution in [0.15, 0.2) is 22.9 Å². The number of ether oxygens (including phenoxy) is 1. The molecule has 0 aliphatic rings. The zero-order valence-electron chi connectivity index (χ0n) is 12.5. The van der Waals surface area contributed by atoms with E-state index in [9.17, 15) is 8.42 Å². The van der Waals surface area contributed by atoms with Crippen LogP contribution in [0.25, 0.3) is 0 Å². The van der Waals surface area contributed by atoms with Crippen LogP contribution in [0.4, 0.5) is 0 Å². The van der Waals surface area contributed by atoms with Gasteiger partial charge >= 0.3 is 0 Å². The molecule has 0 amide bonds. The van der Waals surface area contributed by atoms with Crippen molar-refractivity contribution in [3.05, 3.63) is 22.9 Å².